The third-order valence-corrected chi connectivity index (χ3v) is 2.80. The molecule has 0 saturated heterocycles. The molecule has 0 aliphatic heterocycles. The zero-order valence-corrected chi connectivity index (χ0v) is 11.8. The highest BCUT2D eigenvalue weighted by Gasteiger charge is 2.31. The third kappa shape index (κ3) is 5.83. The number of hydrogen-bond acceptors (Lipinski definition) is 3. The fraction of sp³-hybridized carbons (Fsp3) is 1.00. The minimum atomic E-state index is 0.161. The molecule has 0 fully saturated rings. The van der Waals surface area contributed by atoms with Gasteiger partial charge in [0.1, 0.15) is 0 Å². The second-order valence-electron chi connectivity index (χ2n) is 5.32. The van der Waals surface area contributed by atoms with Crippen LogP contribution in [0.1, 0.15) is 40.5 Å². The van der Waals surface area contributed by atoms with E-state index in [1.165, 1.54) is 0 Å². The first kappa shape index (κ1) is 15.9. The molecule has 0 amide bonds. The van der Waals surface area contributed by atoms with Crippen LogP contribution < -0.4 is 5.32 Å². The van der Waals surface area contributed by atoms with Crippen LogP contribution in [-0.2, 0) is 9.47 Å². The maximum Gasteiger partial charge on any atom is 0.0772 e. The van der Waals surface area contributed by atoms with Gasteiger partial charge in [-0.3, -0.25) is 0 Å². The molecule has 0 saturated carbocycles. The summed E-state index contributed by atoms with van der Waals surface area (Å²) in [5, 5.41) is 3.52. The predicted octanol–water partition coefficient (Wildman–Crippen LogP) is 2.45. The highest BCUT2D eigenvalue weighted by atomic mass is 16.5. The quantitative estimate of drug-likeness (QED) is 0.651. The van der Waals surface area contributed by atoms with Gasteiger partial charge in [-0.25, -0.2) is 0 Å². The Bertz CT molecular complexity index is 166. The van der Waals surface area contributed by atoms with Crippen LogP contribution in [0.5, 0.6) is 0 Å². The van der Waals surface area contributed by atoms with Gasteiger partial charge in [0.15, 0.2) is 0 Å². The largest absolute Gasteiger partial charge is 0.385 e. The van der Waals surface area contributed by atoms with E-state index >= 15 is 0 Å². The van der Waals surface area contributed by atoms with Crippen LogP contribution in [0.2, 0.25) is 0 Å². The molecule has 0 aromatic heterocycles. The third-order valence-electron chi connectivity index (χ3n) is 2.80. The summed E-state index contributed by atoms with van der Waals surface area (Å²) in [7, 11) is 3.55. The SMILES string of the molecule is CCNC(CCCOC)C(OC)C(C)(C)C. The van der Waals surface area contributed by atoms with Gasteiger partial charge in [0, 0.05) is 26.9 Å². The number of hydrogen-bond donors (Lipinski definition) is 1. The topological polar surface area (TPSA) is 30.5 Å². The van der Waals surface area contributed by atoms with E-state index in [2.05, 4.69) is 33.0 Å². The first-order chi connectivity index (χ1) is 7.47. The molecule has 0 spiro atoms. The number of rotatable bonds is 8. The Labute approximate surface area is 101 Å². The molecule has 0 aromatic rings. The van der Waals surface area contributed by atoms with E-state index in [1.807, 2.05) is 0 Å². The minimum absolute atomic E-state index is 0.161. The summed E-state index contributed by atoms with van der Waals surface area (Å²) in [5.74, 6) is 0. The first-order valence-corrected chi connectivity index (χ1v) is 6.22. The first-order valence-electron chi connectivity index (χ1n) is 6.22. The summed E-state index contributed by atoms with van der Waals surface area (Å²) in [5.41, 5.74) is 0.161. The summed E-state index contributed by atoms with van der Waals surface area (Å²) in [6.07, 6.45) is 2.41. The van der Waals surface area contributed by atoms with E-state index in [-0.39, 0.29) is 11.5 Å². The van der Waals surface area contributed by atoms with Crippen molar-refractivity contribution in [3.8, 4) is 0 Å². The lowest BCUT2D eigenvalue weighted by molar-refractivity contribution is -0.0144. The van der Waals surface area contributed by atoms with Crippen molar-refractivity contribution in [1.29, 1.82) is 0 Å². The van der Waals surface area contributed by atoms with Gasteiger partial charge in [-0.05, 0) is 24.8 Å². The van der Waals surface area contributed by atoms with E-state index < -0.39 is 0 Å². The molecule has 3 heteroatoms. The summed E-state index contributed by atoms with van der Waals surface area (Å²) < 4.78 is 10.8. The Kier molecular flexibility index (Phi) is 7.98. The van der Waals surface area contributed by atoms with Crippen molar-refractivity contribution in [2.75, 3.05) is 27.4 Å². The number of nitrogens with one attached hydrogen (secondary N) is 1. The van der Waals surface area contributed by atoms with Crippen molar-refractivity contribution in [3.05, 3.63) is 0 Å². The average molecular weight is 231 g/mol. The second kappa shape index (κ2) is 8.04. The lowest BCUT2D eigenvalue weighted by Crippen LogP contribution is -2.47. The lowest BCUT2D eigenvalue weighted by atomic mass is 9.83. The molecule has 0 aliphatic rings. The summed E-state index contributed by atoms with van der Waals surface area (Å²) >= 11 is 0. The van der Waals surface area contributed by atoms with E-state index in [4.69, 9.17) is 9.47 Å². The van der Waals surface area contributed by atoms with Gasteiger partial charge >= 0.3 is 0 Å². The molecule has 1 N–H and O–H groups in total. The fourth-order valence-electron chi connectivity index (χ4n) is 2.19. The summed E-state index contributed by atoms with van der Waals surface area (Å²) in [6.45, 7) is 10.6. The van der Waals surface area contributed by atoms with Crippen LogP contribution in [0.3, 0.4) is 0 Å². The Morgan fingerprint density at radius 3 is 2.19 bits per heavy atom. The van der Waals surface area contributed by atoms with Crippen LogP contribution in [0, 0.1) is 5.41 Å². The van der Waals surface area contributed by atoms with Crippen LogP contribution in [0.4, 0.5) is 0 Å². The Hall–Kier alpha value is -0.120. The molecular weight excluding hydrogens is 202 g/mol. The Morgan fingerprint density at radius 1 is 1.19 bits per heavy atom. The fourth-order valence-corrected chi connectivity index (χ4v) is 2.19. The van der Waals surface area contributed by atoms with Gasteiger partial charge in [0.2, 0.25) is 0 Å². The zero-order chi connectivity index (χ0) is 12.6. The molecular formula is C13H29NO2. The van der Waals surface area contributed by atoms with Gasteiger partial charge in [-0.1, -0.05) is 27.7 Å². The van der Waals surface area contributed by atoms with Crippen molar-refractivity contribution >= 4 is 0 Å². The molecule has 2 unspecified atom stereocenters. The van der Waals surface area contributed by atoms with Crippen LogP contribution in [-0.4, -0.2) is 39.5 Å². The molecule has 16 heavy (non-hydrogen) atoms. The van der Waals surface area contributed by atoms with E-state index in [1.54, 1.807) is 14.2 Å². The Morgan fingerprint density at radius 2 is 1.81 bits per heavy atom. The minimum Gasteiger partial charge on any atom is -0.385 e. The molecule has 0 aromatic carbocycles. The lowest BCUT2D eigenvalue weighted by Gasteiger charge is -2.36. The van der Waals surface area contributed by atoms with Gasteiger partial charge in [0.25, 0.3) is 0 Å². The molecule has 98 valence electrons. The van der Waals surface area contributed by atoms with Gasteiger partial charge in [-0.2, -0.15) is 0 Å². The second-order valence-corrected chi connectivity index (χ2v) is 5.32. The van der Waals surface area contributed by atoms with Crippen molar-refractivity contribution in [2.24, 2.45) is 5.41 Å². The van der Waals surface area contributed by atoms with E-state index in [0.29, 0.717) is 6.04 Å². The van der Waals surface area contributed by atoms with Crippen molar-refractivity contribution in [2.45, 2.75) is 52.7 Å². The van der Waals surface area contributed by atoms with Gasteiger partial charge in [0.05, 0.1) is 6.10 Å². The molecule has 0 aliphatic carbocycles. The molecule has 0 rings (SSSR count). The van der Waals surface area contributed by atoms with Gasteiger partial charge in [-0.15, -0.1) is 0 Å². The van der Waals surface area contributed by atoms with Crippen molar-refractivity contribution < 1.29 is 9.47 Å². The molecule has 2 atom stereocenters. The van der Waals surface area contributed by atoms with Crippen molar-refractivity contribution in [1.82, 2.24) is 5.32 Å². The average Bonchev–Trinajstić information content (AvgIpc) is 2.17. The van der Waals surface area contributed by atoms with Crippen LogP contribution >= 0.6 is 0 Å². The monoisotopic (exact) mass is 231 g/mol. The summed E-state index contributed by atoms with van der Waals surface area (Å²) in [4.78, 5) is 0. The molecule has 0 heterocycles. The highest BCUT2D eigenvalue weighted by Crippen LogP contribution is 2.26. The molecule has 3 nitrogen and oxygen atoms in total. The number of ether oxygens (including phenoxy) is 2. The zero-order valence-electron chi connectivity index (χ0n) is 11.8. The number of methoxy groups -OCH3 is 2. The number of likely N-dealkylation sites (N-methyl/N-ethyl adjacent to an activating group) is 1. The maximum atomic E-state index is 5.66. The molecule has 0 bridgehead atoms. The van der Waals surface area contributed by atoms with E-state index in [9.17, 15) is 0 Å². The van der Waals surface area contributed by atoms with E-state index in [0.717, 1.165) is 26.0 Å². The van der Waals surface area contributed by atoms with Crippen LogP contribution in [0.25, 0.3) is 0 Å². The van der Waals surface area contributed by atoms with Gasteiger partial charge < -0.3 is 14.8 Å². The maximum absolute atomic E-state index is 5.66. The smallest absolute Gasteiger partial charge is 0.0772 e. The van der Waals surface area contributed by atoms with Crippen LogP contribution in [0.15, 0.2) is 0 Å². The molecule has 0 radical (unpaired) electrons. The van der Waals surface area contributed by atoms with Crippen molar-refractivity contribution in [3.63, 3.8) is 0 Å². The normalized spacial score (nSPS) is 16.1. The standard InChI is InChI=1S/C13H29NO2/c1-7-14-11(9-8-10-15-5)12(16-6)13(2,3)4/h11-12,14H,7-10H2,1-6H3. The highest BCUT2D eigenvalue weighted by molar-refractivity contribution is 4.85. The Balaban J connectivity index is 4.34. The predicted molar refractivity (Wildman–Crippen MR) is 68.8 cm³/mol. The summed E-state index contributed by atoms with van der Waals surface area (Å²) in [6, 6.07) is 0.408.